The van der Waals surface area contributed by atoms with Crippen LogP contribution in [0.2, 0.25) is 0 Å². The predicted molar refractivity (Wildman–Crippen MR) is 61.7 cm³/mol. The van der Waals surface area contributed by atoms with Crippen LogP contribution in [0.5, 0.6) is 0 Å². The van der Waals surface area contributed by atoms with Crippen LogP contribution in [0, 0.1) is 10.8 Å². The molecule has 0 aromatic heterocycles. The highest BCUT2D eigenvalue weighted by Crippen LogP contribution is 2.55. The highest BCUT2D eigenvalue weighted by molar-refractivity contribution is 5.68. The normalized spacial score (nSPS) is 35.8. The molecule has 1 fully saturated rings. The topological polar surface area (TPSA) is 37.3 Å². The first-order valence-electron chi connectivity index (χ1n) is 5.71. The van der Waals surface area contributed by atoms with Gasteiger partial charge in [-0.3, -0.25) is 4.79 Å². The van der Waals surface area contributed by atoms with Crippen LogP contribution in [-0.4, -0.2) is 11.1 Å². The molecule has 1 aliphatic rings. The molecule has 0 spiro atoms. The molecular formula is C13H22O2. The summed E-state index contributed by atoms with van der Waals surface area (Å²) in [5, 5.41) is 8.90. The van der Waals surface area contributed by atoms with E-state index in [-0.39, 0.29) is 17.3 Å². The lowest BCUT2D eigenvalue weighted by molar-refractivity contribution is -0.139. The summed E-state index contributed by atoms with van der Waals surface area (Å²) >= 11 is 0. The van der Waals surface area contributed by atoms with Crippen molar-refractivity contribution in [2.24, 2.45) is 10.8 Å². The van der Waals surface area contributed by atoms with Gasteiger partial charge in [-0.2, -0.15) is 0 Å². The molecule has 0 saturated heterocycles. The number of carboxylic acids is 1. The van der Waals surface area contributed by atoms with Crippen molar-refractivity contribution < 1.29 is 9.90 Å². The molecule has 2 heteroatoms. The van der Waals surface area contributed by atoms with Crippen molar-refractivity contribution in [3.8, 4) is 0 Å². The number of aliphatic carboxylic acids is 1. The van der Waals surface area contributed by atoms with Crippen molar-refractivity contribution in [2.45, 2.75) is 52.9 Å². The molecule has 1 rings (SSSR count). The minimum atomic E-state index is -0.689. The molecule has 0 aliphatic heterocycles. The van der Waals surface area contributed by atoms with E-state index in [4.69, 9.17) is 5.11 Å². The number of carboxylic acid groups (broad SMARTS) is 1. The van der Waals surface area contributed by atoms with Crippen molar-refractivity contribution >= 4 is 5.97 Å². The summed E-state index contributed by atoms with van der Waals surface area (Å²) in [6, 6.07) is 0. The van der Waals surface area contributed by atoms with E-state index in [1.165, 1.54) is 5.57 Å². The van der Waals surface area contributed by atoms with Gasteiger partial charge in [-0.05, 0) is 30.1 Å². The molecule has 0 heterocycles. The second kappa shape index (κ2) is 3.99. The lowest BCUT2D eigenvalue weighted by Gasteiger charge is -2.27. The molecule has 0 aromatic carbocycles. The zero-order chi connectivity index (χ0) is 11.7. The summed E-state index contributed by atoms with van der Waals surface area (Å²) in [5.41, 5.74) is 1.33. The Hall–Kier alpha value is -0.790. The Kier molecular flexibility index (Phi) is 3.27. The number of rotatable bonds is 4. The Morgan fingerprint density at radius 1 is 1.53 bits per heavy atom. The molecule has 0 amide bonds. The minimum absolute atomic E-state index is 0.0766. The number of hydrogen-bond acceptors (Lipinski definition) is 1. The molecule has 1 N–H and O–H groups in total. The third-order valence-corrected chi connectivity index (χ3v) is 3.69. The fourth-order valence-corrected chi connectivity index (χ4v) is 3.17. The van der Waals surface area contributed by atoms with Crippen LogP contribution in [0.15, 0.2) is 12.2 Å². The van der Waals surface area contributed by atoms with Crippen LogP contribution in [0.4, 0.5) is 0 Å². The average Bonchev–Trinajstić information content (AvgIpc) is 2.20. The van der Waals surface area contributed by atoms with Gasteiger partial charge in [0, 0.05) is 0 Å². The second-order valence-corrected chi connectivity index (χ2v) is 5.65. The smallest absolute Gasteiger partial charge is 0.303 e. The van der Waals surface area contributed by atoms with Gasteiger partial charge in [-0.25, -0.2) is 0 Å². The molecule has 1 aliphatic carbocycles. The van der Waals surface area contributed by atoms with Gasteiger partial charge in [0.15, 0.2) is 0 Å². The first kappa shape index (κ1) is 12.3. The zero-order valence-electron chi connectivity index (χ0n) is 10.1. The number of carbonyl (C=O) groups is 1. The van der Waals surface area contributed by atoms with Crippen molar-refractivity contribution in [2.75, 3.05) is 0 Å². The van der Waals surface area contributed by atoms with Gasteiger partial charge in [0.2, 0.25) is 0 Å². The van der Waals surface area contributed by atoms with E-state index in [1.54, 1.807) is 0 Å². The van der Waals surface area contributed by atoms with Gasteiger partial charge in [0.25, 0.3) is 0 Å². The fraction of sp³-hybridized carbons (Fsp3) is 0.769. The van der Waals surface area contributed by atoms with Crippen molar-refractivity contribution in [1.82, 2.24) is 0 Å². The van der Waals surface area contributed by atoms with Crippen LogP contribution in [0.1, 0.15) is 52.9 Å². The molecule has 2 atom stereocenters. The Bertz CT molecular complexity index is 282. The quantitative estimate of drug-likeness (QED) is 0.719. The van der Waals surface area contributed by atoms with E-state index < -0.39 is 5.97 Å². The van der Waals surface area contributed by atoms with Gasteiger partial charge in [-0.1, -0.05) is 39.3 Å². The Balaban J connectivity index is 2.77. The van der Waals surface area contributed by atoms with Crippen LogP contribution < -0.4 is 0 Å². The number of allylic oxidation sites excluding steroid dienone is 1. The maximum atomic E-state index is 10.8. The summed E-state index contributed by atoms with van der Waals surface area (Å²) in [6.45, 7) is 10.6. The monoisotopic (exact) mass is 210 g/mol. The van der Waals surface area contributed by atoms with Gasteiger partial charge >= 0.3 is 5.97 Å². The van der Waals surface area contributed by atoms with Crippen molar-refractivity contribution in [3.63, 3.8) is 0 Å². The SMILES string of the molecule is C=C1CC(C)(CC(=O)O)CC1(C)CCC. The van der Waals surface area contributed by atoms with Gasteiger partial charge in [0.1, 0.15) is 0 Å². The van der Waals surface area contributed by atoms with Crippen LogP contribution in [0.25, 0.3) is 0 Å². The Labute approximate surface area is 92.4 Å². The molecule has 15 heavy (non-hydrogen) atoms. The summed E-state index contributed by atoms with van der Waals surface area (Å²) in [6.07, 6.45) is 4.37. The van der Waals surface area contributed by atoms with E-state index >= 15 is 0 Å². The van der Waals surface area contributed by atoms with E-state index in [9.17, 15) is 4.79 Å². The summed E-state index contributed by atoms with van der Waals surface area (Å²) in [4.78, 5) is 10.8. The van der Waals surface area contributed by atoms with Gasteiger partial charge in [0.05, 0.1) is 6.42 Å². The number of hydrogen-bond donors (Lipinski definition) is 1. The third kappa shape index (κ3) is 2.61. The maximum Gasteiger partial charge on any atom is 0.303 e. The zero-order valence-corrected chi connectivity index (χ0v) is 10.1. The van der Waals surface area contributed by atoms with Crippen molar-refractivity contribution in [3.05, 3.63) is 12.2 Å². The Morgan fingerprint density at radius 3 is 2.60 bits per heavy atom. The van der Waals surface area contributed by atoms with E-state index in [0.717, 1.165) is 25.7 Å². The molecule has 1 saturated carbocycles. The summed E-state index contributed by atoms with van der Waals surface area (Å²) < 4.78 is 0. The van der Waals surface area contributed by atoms with Crippen LogP contribution in [0.3, 0.4) is 0 Å². The molecule has 0 aromatic rings. The summed E-state index contributed by atoms with van der Waals surface area (Å²) in [7, 11) is 0. The molecule has 0 radical (unpaired) electrons. The first-order valence-corrected chi connectivity index (χ1v) is 5.71. The maximum absolute atomic E-state index is 10.8. The Morgan fingerprint density at radius 2 is 2.13 bits per heavy atom. The molecule has 2 unspecified atom stereocenters. The highest BCUT2D eigenvalue weighted by atomic mass is 16.4. The second-order valence-electron chi connectivity index (χ2n) is 5.65. The predicted octanol–water partition coefficient (Wildman–Crippen LogP) is 3.62. The van der Waals surface area contributed by atoms with Crippen LogP contribution in [-0.2, 0) is 4.79 Å². The van der Waals surface area contributed by atoms with Crippen molar-refractivity contribution in [1.29, 1.82) is 0 Å². The van der Waals surface area contributed by atoms with E-state index in [0.29, 0.717) is 0 Å². The fourth-order valence-electron chi connectivity index (χ4n) is 3.17. The van der Waals surface area contributed by atoms with E-state index in [1.807, 2.05) is 0 Å². The average molecular weight is 210 g/mol. The lowest BCUT2D eigenvalue weighted by Crippen LogP contribution is -2.20. The standard InChI is InChI=1S/C13H22O2/c1-5-6-13(4)9-12(3,7-10(13)2)8-11(14)15/h2,5-9H2,1,3-4H3,(H,14,15). The third-order valence-electron chi connectivity index (χ3n) is 3.69. The molecular weight excluding hydrogens is 188 g/mol. The molecule has 2 nitrogen and oxygen atoms in total. The lowest BCUT2D eigenvalue weighted by atomic mass is 9.77. The summed E-state index contributed by atoms with van der Waals surface area (Å²) in [5.74, 6) is -0.689. The van der Waals surface area contributed by atoms with Gasteiger partial charge in [-0.15, -0.1) is 0 Å². The largest absolute Gasteiger partial charge is 0.481 e. The van der Waals surface area contributed by atoms with Crippen LogP contribution >= 0.6 is 0 Å². The molecule has 86 valence electrons. The first-order chi connectivity index (χ1) is 6.81. The minimum Gasteiger partial charge on any atom is -0.481 e. The highest BCUT2D eigenvalue weighted by Gasteiger charge is 2.45. The molecule has 0 bridgehead atoms. The van der Waals surface area contributed by atoms with E-state index in [2.05, 4.69) is 27.4 Å². The van der Waals surface area contributed by atoms with Gasteiger partial charge < -0.3 is 5.11 Å².